The Morgan fingerprint density at radius 2 is 2.36 bits per heavy atom. The molecule has 1 aliphatic rings. The third-order valence-electron chi connectivity index (χ3n) is 2.19. The summed E-state index contributed by atoms with van der Waals surface area (Å²) in [5.41, 5.74) is -0.282. The van der Waals surface area contributed by atoms with Crippen molar-refractivity contribution in [2.45, 2.75) is 18.9 Å². The van der Waals surface area contributed by atoms with Gasteiger partial charge in [-0.3, -0.25) is 9.36 Å². The smallest absolute Gasteiger partial charge is 0.326 e. The van der Waals surface area contributed by atoms with Gasteiger partial charge in [-0.2, -0.15) is 0 Å². The summed E-state index contributed by atoms with van der Waals surface area (Å²) in [5.74, 6) is -0.395. The van der Waals surface area contributed by atoms with Gasteiger partial charge in [0, 0.05) is 48.2 Å². The maximum absolute atomic E-state index is 11.3. The van der Waals surface area contributed by atoms with Crippen molar-refractivity contribution < 1.29 is 9.90 Å². The topological polar surface area (TPSA) is 72.2 Å². The molecule has 5 nitrogen and oxygen atoms in total. The Kier molecular flexibility index (Phi) is 3.47. The van der Waals surface area contributed by atoms with E-state index in [0.29, 0.717) is 18.7 Å². The van der Waals surface area contributed by atoms with Crippen LogP contribution in [-0.2, 0) is 11.2 Å². The molecule has 1 radical (unpaired) electrons. The number of aryl methyl sites for hydroxylation is 1. The largest absolute Gasteiger partial charge is 0.480 e. The molecule has 0 saturated carbocycles. The van der Waals surface area contributed by atoms with Gasteiger partial charge in [-0.1, -0.05) is 0 Å². The summed E-state index contributed by atoms with van der Waals surface area (Å²) in [7, 11) is 0. The minimum atomic E-state index is -0.964. The van der Waals surface area contributed by atoms with Crippen LogP contribution in [0.3, 0.4) is 0 Å². The monoisotopic (exact) mass is 203 g/mol. The first-order valence-corrected chi connectivity index (χ1v) is 3.99. The first-order valence-electron chi connectivity index (χ1n) is 3.99. The fourth-order valence-electron chi connectivity index (χ4n) is 1.60. The Labute approximate surface area is 102 Å². The molecule has 1 aromatic rings. The average Bonchev–Trinajstić information content (AvgIpc) is 2.49. The van der Waals surface area contributed by atoms with Crippen LogP contribution in [0, 0.1) is 0 Å². The summed E-state index contributed by atoms with van der Waals surface area (Å²) < 4.78 is 1.25. The number of hydrogen-bond donors (Lipinski definition) is 1. The molecule has 2 rings (SSSR count). The third-order valence-corrected chi connectivity index (χ3v) is 2.19. The van der Waals surface area contributed by atoms with Crippen molar-refractivity contribution in [2.24, 2.45) is 0 Å². The Morgan fingerprint density at radius 3 is 3.00 bits per heavy atom. The molecule has 0 saturated heterocycles. The van der Waals surface area contributed by atoms with E-state index in [2.05, 4.69) is 4.98 Å². The molecule has 0 aliphatic carbocycles. The Balaban J connectivity index is 0.000000980. The quantitative estimate of drug-likeness (QED) is 0.620. The molecule has 14 heavy (non-hydrogen) atoms. The van der Waals surface area contributed by atoms with Crippen LogP contribution in [0.4, 0.5) is 0 Å². The first-order chi connectivity index (χ1) is 6.20. The second-order valence-electron chi connectivity index (χ2n) is 2.96. The minimum absolute atomic E-state index is 0. The van der Waals surface area contributed by atoms with Gasteiger partial charge in [-0.05, 0) is 6.42 Å². The number of hydrogen-bond acceptors (Lipinski definition) is 3. The molecule has 0 spiro atoms. The molecule has 1 atom stereocenters. The van der Waals surface area contributed by atoms with Gasteiger partial charge in [0.15, 0.2) is 0 Å². The van der Waals surface area contributed by atoms with Crippen LogP contribution >= 0.6 is 0 Å². The number of aliphatic carboxylic acids is 1. The zero-order chi connectivity index (χ0) is 9.42. The standard InChI is InChI=1S/C8H8N2O3.Na/c11-7-3-4-9-6-2-1-5(8(12)13)10(6)7;/h3-5H,1-2H2,(H,12,13);/t5-;/m0./s1. The number of carboxylic acids is 1. The van der Waals surface area contributed by atoms with E-state index in [-0.39, 0.29) is 35.1 Å². The van der Waals surface area contributed by atoms with E-state index < -0.39 is 12.0 Å². The zero-order valence-corrected chi connectivity index (χ0v) is 9.80. The molecule has 1 N–H and O–H groups in total. The minimum Gasteiger partial charge on any atom is -0.480 e. The fraction of sp³-hybridized carbons (Fsp3) is 0.375. The number of nitrogens with zero attached hydrogens (tertiary/aromatic N) is 2. The van der Waals surface area contributed by atoms with Crippen LogP contribution in [0.1, 0.15) is 18.3 Å². The molecular formula is C8H8N2NaO3. The van der Waals surface area contributed by atoms with Crippen LogP contribution in [0.25, 0.3) is 0 Å². The van der Waals surface area contributed by atoms with Gasteiger partial charge < -0.3 is 5.11 Å². The summed E-state index contributed by atoms with van der Waals surface area (Å²) in [5, 5.41) is 8.80. The SMILES string of the molecule is O=C(O)[C@@H]1CCc2nccc(=O)n21.[Na]. The predicted octanol–water partition coefficient (Wildman–Crippen LogP) is -0.566. The second-order valence-corrected chi connectivity index (χ2v) is 2.96. The van der Waals surface area contributed by atoms with Crippen molar-refractivity contribution in [2.75, 3.05) is 0 Å². The number of rotatable bonds is 1. The van der Waals surface area contributed by atoms with Crippen molar-refractivity contribution >= 4 is 35.5 Å². The van der Waals surface area contributed by atoms with Crippen molar-refractivity contribution in [1.29, 1.82) is 0 Å². The first kappa shape index (κ1) is 11.4. The van der Waals surface area contributed by atoms with Gasteiger partial charge in [0.05, 0.1) is 0 Å². The van der Waals surface area contributed by atoms with Crippen molar-refractivity contribution in [3.05, 3.63) is 28.4 Å². The van der Waals surface area contributed by atoms with Gasteiger partial charge in [0.2, 0.25) is 0 Å². The predicted molar refractivity (Wildman–Crippen MR) is 49.2 cm³/mol. The van der Waals surface area contributed by atoms with Crippen LogP contribution in [0.5, 0.6) is 0 Å². The van der Waals surface area contributed by atoms with Crippen LogP contribution in [-0.4, -0.2) is 50.2 Å². The molecule has 1 aliphatic heterocycles. The van der Waals surface area contributed by atoms with E-state index in [0.717, 1.165) is 0 Å². The van der Waals surface area contributed by atoms with Gasteiger partial charge in [0.25, 0.3) is 5.56 Å². The number of carbonyl (C=O) groups is 1. The van der Waals surface area contributed by atoms with Gasteiger partial charge in [-0.15, -0.1) is 0 Å². The van der Waals surface area contributed by atoms with E-state index in [1.54, 1.807) is 0 Å². The van der Waals surface area contributed by atoms with Crippen LogP contribution in [0.15, 0.2) is 17.1 Å². The average molecular weight is 203 g/mol. The Hall–Kier alpha value is -0.650. The summed E-state index contributed by atoms with van der Waals surface area (Å²) in [6.45, 7) is 0. The molecule has 0 aromatic carbocycles. The summed E-state index contributed by atoms with van der Waals surface area (Å²) in [4.78, 5) is 26.0. The maximum atomic E-state index is 11.3. The molecule has 0 amide bonds. The Bertz CT molecular complexity index is 415. The van der Waals surface area contributed by atoms with Gasteiger partial charge in [0.1, 0.15) is 11.9 Å². The molecule has 0 bridgehead atoms. The molecule has 2 heterocycles. The van der Waals surface area contributed by atoms with Crippen molar-refractivity contribution in [3.8, 4) is 0 Å². The summed E-state index contributed by atoms with van der Waals surface area (Å²) >= 11 is 0. The number of fused-ring (bicyclic) bond motifs is 1. The van der Waals surface area contributed by atoms with E-state index >= 15 is 0 Å². The van der Waals surface area contributed by atoms with E-state index in [1.165, 1.54) is 16.8 Å². The van der Waals surface area contributed by atoms with Crippen LogP contribution < -0.4 is 5.56 Å². The molecule has 0 fully saturated rings. The van der Waals surface area contributed by atoms with Gasteiger partial charge >= 0.3 is 5.97 Å². The molecule has 69 valence electrons. The van der Waals surface area contributed by atoms with Crippen molar-refractivity contribution in [3.63, 3.8) is 0 Å². The van der Waals surface area contributed by atoms with Crippen molar-refractivity contribution in [1.82, 2.24) is 9.55 Å². The fourth-order valence-corrected chi connectivity index (χ4v) is 1.60. The van der Waals surface area contributed by atoms with E-state index in [9.17, 15) is 9.59 Å². The van der Waals surface area contributed by atoms with E-state index in [4.69, 9.17) is 5.11 Å². The number of carboxylic acid groups (broad SMARTS) is 1. The normalized spacial score (nSPS) is 18.4. The Morgan fingerprint density at radius 1 is 1.64 bits per heavy atom. The van der Waals surface area contributed by atoms with E-state index in [1.807, 2.05) is 0 Å². The molecule has 0 unspecified atom stereocenters. The third kappa shape index (κ3) is 1.75. The summed E-state index contributed by atoms with van der Waals surface area (Å²) in [6, 6.07) is 0.557. The number of aromatic nitrogens is 2. The van der Waals surface area contributed by atoms with Crippen LogP contribution in [0.2, 0.25) is 0 Å². The molecule has 1 aromatic heterocycles. The molecule has 6 heteroatoms. The summed E-state index contributed by atoms with van der Waals surface area (Å²) in [6.07, 6.45) is 2.44. The van der Waals surface area contributed by atoms with Gasteiger partial charge in [-0.25, -0.2) is 9.78 Å². The zero-order valence-electron chi connectivity index (χ0n) is 7.80. The second kappa shape index (κ2) is 4.25. The maximum Gasteiger partial charge on any atom is 0.326 e. The molecular weight excluding hydrogens is 195 g/mol.